The Balaban J connectivity index is 1.59. The number of nitrogens with one attached hydrogen (secondary N) is 1. The summed E-state index contributed by atoms with van der Waals surface area (Å²) in [7, 11) is 0. The zero-order valence-electron chi connectivity index (χ0n) is 14.1. The van der Waals surface area contributed by atoms with Crippen molar-refractivity contribution in [2.24, 2.45) is 16.7 Å². The van der Waals surface area contributed by atoms with Crippen LogP contribution in [-0.2, 0) is 4.74 Å². The monoisotopic (exact) mass is 281 g/mol. The Kier molecular flexibility index (Phi) is 5.53. The van der Waals surface area contributed by atoms with E-state index in [1.807, 2.05) is 0 Å². The van der Waals surface area contributed by atoms with Gasteiger partial charge in [-0.15, -0.1) is 0 Å². The average Bonchev–Trinajstić information content (AvgIpc) is 2.75. The predicted molar refractivity (Wildman–Crippen MR) is 86.0 cm³/mol. The molecule has 118 valence electrons. The highest BCUT2D eigenvalue weighted by molar-refractivity contribution is 5.11. The Morgan fingerprint density at radius 3 is 2.45 bits per heavy atom. The molecule has 0 aliphatic heterocycles. The van der Waals surface area contributed by atoms with E-state index in [-0.39, 0.29) is 0 Å². The maximum absolute atomic E-state index is 6.29. The lowest BCUT2D eigenvalue weighted by Gasteiger charge is -2.39. The van der Waals surface area contributed by atoms with Crippen molar-refractivity contribution < 1.29 is 4.74 Å². The number of hydrogen-bond donors (Lipinski definition) is 1. The Labute approximate surface area is 126 Å². The van der Waals surface area contributed by atoms with Crippen molar-refractivity contribution in [2.45, 2.75) is 78.7 Å². The second kappa shape index (κ2) is 6.79. The van der Waals surface area contributed by atoms with Gasteiger partial charge in [0, 0.05) is 6.61 Å². The summed E-state index contributed by atoms with van der Waals surface area (Å²) < 4.78 is 6.29. The van der Waals surface area contributed by atoms with E-state index in [2.05, 4.69) is 33.0 Å². The lowest BCUT2D eigenvalue weighted by molar-refractivity contribution is -0.0475. The van der Waals surface area contributed by atoms with Crippen molar-refractivity contribution in [2.75, 3.05) is 19.7 Å². The molecular formula is C18H35NO. The maximum Gasteiger partial charge on any atom is 0.0636 e. The number of fused-ring (bicyclic) bond motifs is 2. The van der Waals surface area contributed by atoms with Crippen LogP contribution in [0.4, 0.5) is 0 Å². The van der Waals surface area contributed by atoms with E-state index in [9.17, 15) is 0 Å². The van der Waals surface area contributed by atoms with Gasteiger partial charge in [-0.3, -0.25) is 0 Å². The Hall–Kier alpha value is -0.0800. The number of rotatable bonds is 9. The molecule has 2 saturated carbocycles. The van der Waals surface area contributed by atoms with Gasteiger partial charge in [0.25, 0.3) is 0 Å². The van der Waals surface area contributed by atoms with Gasteiger partial charge in [-0.2, -0.15) is 0 Å². The topological polar surface area (TPSA) is 21.3 Å². The second-order valence-electron chi connectivity index (χ2n) is 7.74. The smallest absolute Gasteiger partial charge is 0.0636 e. The van der Waals surface area contributed by atoms with Crippen LogP contribution >= 0.6 is 0 Å². The fourth-order valence-electron chi connectivity index (χ4n) is 4.49. The van der Waals surface area contributed by atoms with E-state index in [1.54, 1.807) is 0 Å². The quantitative estimate of drug-likeness (QED) is 0.633. The van der Waals surface area contributed by atoms with Crippen molar-refractivity contribution >= 4 is 0 Å². The molecule has 1 N–H and O–H groups in total. The first-order valence-corrected chi connectivity index (χ1v) is 8.84. The van der Waals surface area contributed by atoms with Gasteiger partial charge in [0.15, 0.2) is 0 Å². The molecule has 2 nitrogen and oxygen atoms in total. The average molecular weight is 281 g/mol. The van der Waals surface area contributed by atoms with Crippen molar-refractivity contribution in [3.63, 3.8) is 0 Å². The van der Waals surface area contributed by atoms with Crippen LogP contribution in [0.5, 0.6) is 0 Å². The van der Waals surface area contributed by atoms with Crippen LogP contribution in [0, 0.1) is 16.7 Å². The minimum Gasteiger partial charge on any atom is -0.378 e. The first-order valence-electron chi connectivity index (χ1n) is 8.84. The summed E-state index contributed by atoms with van der Waals surface area (Å²) >= 11 is 0. The van der Waals surface area contributed by atoms with Gasteiger partial charge >= 0.3 is 0 Å². The molecule has 0 heterocycles. The van der Waals surface area contributed by atoms with Crippen molar-refractivity contribution in [3.05, 3.63) is 0 Å². The molecule has 0 radical (unpaired) electrons. The summed E-state index contributed by atoms with van der Waals surface area (Å²) in [6.45, 7) is 12.8. The van der Waals surface area contributed by atoms with E-state index < -0.39 is 0 Å². The largest absolute Gasteiger partial charge is 0.378 e. The third kappa shape index (κ3) is 3.06. The molecular weight excluding hydrogens is 246 g/mol. The van der Waals surface area contributed by atoms with Crippen LogP contribution < -0.4 is 5.32 Å². The summed E-state index contributed by atoms with van der Waals surface area (Å²) in [4.78, 5) is 0. The van der Waals surface area contributed by atoms with Gasteiger partial charge in [-0.05, 0) is 61.9 Å². The Bertz CT molecular complexity index is 302. The molecule has 2 rings (SSSR count). The molecule has 2 fully saturated rings. The highest BCUT2D eigenvalue weighted by Gasteiger charge is 2.61. The normalized spacial score (nSPS) is 34.8. The van der Waals surface area contributed by atoms with Crippen LogP contribution in [0.2, 0.25) is 0 Å². The molecule has 2 aliphatic carbocycles. The minimum absolute atomic E-state index is 0.433. The zero-order chi connectivity index (χ0) is 14.6. The Morgan fingerprint density at radius 1 is 1.10 bits per heavy atom. The summed E-state index contributed by atoms with van der Waals surface area (Å²) in [6, 6.07) is 0. The fraction of sp³-hybridized carbons (Fsp3) is 1.00. The van der Waals surface area contributed by atoms with Gasteiger partial charge in [0.05, 0.1) is 6.10 Å². The third-order valence-corrected chi connectivity index (χ3v) is 6.53. The molecule has 3 unspecified atom stereocenters. The molecule has 0 aromatic heterocycles. The minimum atomic E-state index is 0.433. The highest BCUT2D eigenvalue weighted by Crippen LogP contribution is 2.66. The molecule has 3 atom stereocenters. The first-order chi connectivity index (χ1) is 9.52. The van der Waals surface area contributed by atoms with E-state index >= 15 is 0 Å². The van der Waals surface area contributed by atoms with Gasteiger partial charge in [0.2, 0.25) is 0 Å². The SMILES string of the molecule is CCNCCCCCCOC1CC2CCC1(C)C2(C)C. The predicted octanol–water partition coefficient (Wildman–Crippen LogP) is 4.39. The van der Waals surface area contributed by atoms with Crippen LogP contribution in [0.25, 0.3) is 0 Å². The molecule has 0 spiro atoms. The second-order valence-corrected chi connectivity index (χ2v) is 7.74. The van der Waals surface area contributed by atoms with Crippen molar-refractivity contribution in [3.8, 4) is 0 Å². The summed E-state index contributed by atoms with van der Waals surface area (Å²) in [5.74, 6) is 0.901. The summed E-state index contributed by atoms with van der Waals surface area (Å²) in [5, 5.41) is 3.38. The lowest BCUT2D eigenvalue weighted by atomic mass is 9.70. The van der Waals surface area contributed by atoms with E-state index in [1.165, 1.54) is 51.5 Å². The maximum atomic E-state index is 6.29. The highest BCUT2D eigenvalue weighted by atomic mass is 16.5. The molecule has 2 aliphatic rings. The standard InChI is InChI=1S/C18H35NO/c1-5-19-12-8-6-7-9-13-20-16-14-15-10-11-18(16,4)17(15,2)3/h15-16,19H,5-14H2,1-4H3. The molecule has 0 aromatic rings. The van der Waals surface area contributed by atoms with Crippen LogP contribution in [-0.4, -0.2) is 25.8 Å². The number of hydrogen-bond acceptors (Lipinski definition) is 2. The van der Waals surface area contributed by atoms with Gasteiger partial charge < -0.3 is 10.1 Å². The molecule has 0 saturated heterocycles. The number of ether oxygens (including phenoxy) is 1. The molecule has 2 heteroatoms. The Morgan fingerprint density at radius 2 is 1.85 bits per heavy atom. The van der Waals surface area contributed by atoms with Gasteiger partial charge in [-0.1, -0.05) is 40.5 Å². The van der Waals surface area contributed by atoms with Crippen molar-refractivity contribution in [1.82, 2.24) is 5.32 Å². The molecule has 20 heavy (non-hydrogen) atoms. The van der Waals surface area contributed by atoms with Crippen molar-refractivity contribution in [1.29, 1.82) is 0 Å². The summed E-state index contributed by atoms with van der Waals surface area (Å²) in [6.07, 6.45) is 9.84. The van der Waals surface area contributed by atoms with E-state index in [0.29, 0.717) is 16.9 Å². The van der Waals surface area contributed by atoms with E-state index in [4.69, 9.17) is 4.74 Å². The lowest BCUT2D eigenvalue weighted by Crippen LogP contribution is -2.37. The van der Waals surface area contributed by atoms with Crippen LogP contribution in [0.3, 0.4) is 0 Å². The fourth-order valence-corrected chi connectivity index (χ4v) is 4.49. The number of unbranched alkanes of at least 4 members (excludes halogenated alkanes) is 3. The third-order valence-electron chi connectivity index (χ3n) is 6.53. The van der Waals surface area contributed by atoms with Gasteiger partial charge in [-0.25, -0.2) is 0 Å². The summed E-state index contributed by atoms with van der Waals surface area (Å²) in [5.41, 5.74) is 0.923. The molecule has 0 aromatic carbocycles. The van der Waals surface area contributed by atoms with Gasteiger partial charge in [0.1, 0.15) is 0 Å². The first kappa shape index (κ1) is 16.3. The van der Waals surface area contributed by atoms with Crippen LogP contribution in [0.15, 0.2) is 0 Å². The van der Waals surface area contributed by atoms with Crippen LogP contribution in [0.1, 0.15) is 72.6 Å². The molecule has 2 bridgehead atoms. The molecule has 0 amide bonds. The van der Waals surface area contributed by atoms with E-state index in [0.717, 1.165) is 19.1 Å². The zero-order valence-corrected chi connectivity index (χ0v) is 14.1.